The van der Waals surface area contributed by atoms with E-state index in [0.717, 1.165) is 25.7 Å². The van der Waals surface area contributed by atoms with Crippen LogP contribution < -0.4 is 0 Å². The largest absolute Gasteiger partial charge is 0.388 e. The molecule has 0 amide bonds. The van der Waals surface area contributed by atoms with Crippen molar-refractivity contribution in [2.24, 2.45) is 5.92 Å². The zero-order valence-electron chi connectivity index (χ0n) is 10.7. The number of hydrogen-bond acceptors (Lipinski definition) is 1. The molecule has 1 nitrogen and oxygen atoms in total. The molecule has 1 aliphatic carbocycles. The predicted molar refractivity (Wildman–Crippen MR) is 62.4 cm³/mol. The summed E-state index contributed by atoms with van der Waals surface area (Å²) in [5.74, 6) is -10.6. The maximum atomic E-state index is 13.6. The van der Waals surface area contributed by atoms with Gasteiger partial charge in [0.2, 0.25) is 5.82 Å². The topological polar surface area (TPSA) is 20.2 Å². The summed E-state index contributed by atoms with van der Waals surface area (Å²) < 4.78 is 66.5. The molecule has 1 fully saturated rings. The SMILES string of the molecule is OC(c1c(F)c(F)c(F)c(F)c1F)C1CCCCCC1. The van der Waals surface area contributed by atoms with Gasteiger partial charge in [-0.05, 0) is 18.8 Å². The monoisotopic (exact) mass is 294 g/mol. The van der Waals surface area contributed by atoms with Gasteiger partial charge in [0.25, 0.3) is 0 Å². The summed E-state index contributed by atoms with van der Waals surface area (Å²) in [6.45, 7) is 0. The van der Waals surface area contributed by atoms with Crippen molar-refractivity contribution in [2.75, 3.05) is 0 Å². The average molecular weight is 294 g/mol. The van der Waals surface area contributed by atoms with Gasteiger partial charge < -0.3 is 5.11 Å². The highest BCUT2D eigenvalue weighted by Crippen LogP contribution is 2.37. The second kappa shape index (κ2) is 6.08. The molecule has 0 radical (unpaired) electrons. The Labute approximate surface area is 113 Å². The second-order valence-corrected chi connectivity index (χ2v) is 5.18. The van der Waals surface area contributed by atoms with Gasteiger partial charge in [-0.3, -0.25) is 0 Å². The van der Waals surface area contributed by atoms with Crippen LogP contribution in [0.4, 0.5) is 22.0 Å². The van der Waals surface area contributed by atoms with Crippen molar-refractivity contribution in [1.82, 2.24) is 0 Å². The first kappa shape index (κ1) is 15.2. The van der Waals surface area contributed by atoms with Crippen molar-refractivity contribution in [3.8, 4) is 0 Å². The lowest BCUT2D eigenvalue weighted by atomic mass is 9.88. The van der Waals surface area contributed by atoms with E-state index >= 15 is 0 Å². The number of rotatable bonds is 2. The first-order chi connectivity index (χ1) is 9.45. The van der Waals surface area contributed by atoms with Gasteiger partial charge in [0.05, 0.1) is 11.7 Å². The lowest BCUT2D eigenvalue weighted by Gasteiger charge is -2.22. The maximum absolute atomic E-state index is 13.6. The van der Waals surface area contributed by atoms with Gasteiger partial charge in [0.1, 0.15) is 0 Å². The van der Waals surface area contributed by atoms with Crippen molar-refractivity contribution in [3.05, 3.63) is 34.6 Å². The van der Waals surface area contributed by atoms with Crippen molar-refractivity contribution < 1.29 is 27.1 Å². The molecule has 1 N–H and O–H groups in total. The van der Waals surface area contributed by atoms with E-state index in [4.69, 9.17) is 0 Å². The van der Waals surface area contributed by atoms with Gasteiger partial charge in [-0.25, -0.2) is 22.0 Å². The van der Waals surface area contributed by atoms with Crippen LogP contribution >= 0.6 is 0 Å². The summed E-state index contributed by atoms with van der Waals surface area (Å²) in [7, 11) is 0. The fraction of sp³-hybridized carbons (Fsp3) is 0.571. The van der Waals surface area contributed by atoms with Crippen LogP contribution in [0.2, 0.25) is 0 Å². The molecule has 0 heterocycles. The Balaban J connectivity index is 2.41. The third-order valence-electron chi connectivity index (χ3n) is 3.89. The smallest absolute Gasteiger partial charge is 0.200 e. The summed E-state index contributed by atoms with van der Waals surface area (Å²) in [5, 5.41) is 10.0. The van der Waals surface area contributed by atoms with E-state index in [-0.39, 0.29) is 0 Å². The van der Waals surface area contributed by atoms with E-state index in [1.54, 1.807) is 0 Å². The summed E-state index contributed by atoms with van der Waals surface area (Å²) in [6.07, 6.45) is 2.80. The molecule has 1 atom stereocenters. The molecule has 1 saturated carbocycles. The number of halogens is 5. The van der Waals surface area contributed by atoms with Crippen molar-refractivity contribution >= 4 is 0 Å². The molecule has 20 heavy (non-hydrogen) atoms. The summed E-state index contributed by atoms with van der Waals surface area (Å²) in [6, 6.07) is 0. The van der Waals surface area contributed by atoms with Gasteiger partial charge in [-0.2, -0.15) is 0 Å². The number of benzene rings is 1. The quantitative estimate of drug-likeness (QED) is 0.371. The molecule has 1 aromatic carbocycles. The average Bonchev–Trinajstić information content (AvgIpc) is 2.72. The minimum atomic E-state index is -2.20. The van der Waals surface area contributed by atoms with Gasteiger partial charge >= 0.3 is 0 Å². The molecular formula is C14H15F5O. The van der Waals surface area contributed by atoms with Crippen LogP contribution in [0.3, 0.4) is 0 Å². The number of hydrogen-bond donors (Lipinski definition) is 1. The molecule has 1 unspecified atom stereocenters. The lowest BCUT2D eigenvalue weighted by Crippen LogP contribution is -2.18. The molecule has 1 aromatic rings. The van der Waals surface area contributed by atoms with Crippen LogP contribution in [0.1, 0.15) is 50.2 Å². The highest BCUT2D eigenvalue weighted by molar-refractivity contribution is 5.26. The zero-order valence-corrected chi connectivity index (χ0v) is 10.7. The fourth-order valence-corrected chi connectivity index (χ4v) is 2.74. The van der Waals surface area contributed by atoms with E-state index in [1.165, 1.54) is 0 Å². The van der Waals surface area contributed by atoms with E-state index in [9.17, 15) is 27.1 Å². The zero-order chi connectivity index (χ0) is 14.9. The first-order valence-electron chi connectivity index (χ1n) is 6.64. The van der Waals surface area contributed by atoms with Gasteiger partial charge in [0, 0.05) is 0 Å². The molecule has 6 heteroatoms. The van der Waals surface area contributed by atoms with E-state index in [1.807, 2.05) is 0 Å². The standard InChI is InChI=1S/C14H15F5O/c15-9-8(10(16)12(18)13(19)11(9)17)14(20)7-5-3-1-2-4-6-7/h7,14,20H,1-6H2. The Morgan fingerprint density at radius 1 is 0.700 bits per heavy atom. The van der Waals surface area contributed by atoms with Crippen LogP contribution in [0.15, 0.2) is 0 Å². The maximum Gasteiger partial charge on any atom is 0.200 e. The van der Waals surface area contributed by atoms with Crippen LogP contribution in [0.5, 0.6) is 0 Å². The van der Waals surface area contributed by atoms with E-state index in [0.29, 0.717) is 12.8 Å². The molecule has 112 valence electrons. The summed E-state index contributed by atoms with van der Waals surface area (Å²) in [4.78, 5) is 0. The van der Waals surface area contributed by atoms with Crippen molar-refractivity contribution in [1.29, 1.82) is 0 Å². The summed E-state index contributed by atoms with van der Waals surface area (Å²) in [5.41, 5.74) is -1.10. The van der Waals surface area contributed by atoms with Crippen LogP contribution in [0, 0.1) is 35.0 Å². The second-order valence-electron chi connectivity index (χ2n) is 5.18. The first-order valence-corrected chi connectivity index (χ1v) is 6.64. The third kappa shape index (κ3) is 2.66. The molecule has 1 aliphatic rings. The molecule has 0 aliphatic heterocycles. The van der Waals surface area contributed by atoms with Crippen molar-refractivity contribution in [3.63, 3.8) is 0 Å². The fourth-order valence-electron chi connectivity index (χ4n) is 2.74. The number of aliphatic hydroxyl groups excluding tert-OH is 1. The normalized spacial score (nSPS) is 18.9. The highest BCUT2D eigenvalue weighted by atomic mass is 19.2. The van der Waals surface area contributed by atoms with Crippen LogP contribution in [0.25, 0.3) is 0 Å². The Morgan fingerprint density at radius 2 is 1.10 bits per heavy atom. The minimum Gasteiger partial charge on any atom is -0.388 e. The van der Waals surface area contributed by atoms with E-state index < -0.39 is 46.7 Å². The highest BCUT2D eigenvalue weighted by Gasteiger charge is 2.33. The molecule has 0 bridgehead atoms. The van der Waals surface area contributed by atoms with Crippen LogP contribution in [-0.4, -0.2) is 5.11 Å². The van der Waals surface area contributed by atoms with Gasteiger partial charge in [-0.15, -0.1) is 0 Å². The lowest BCUT2D eigenvalue weighted by molar-refractivity contribution is 0.0889. The number of aliphatic hydroxyl groups is 1. The molecular weight excluding hydrogens is 279 g/mol. The summed E-state index contributed by atoms with van der Waals surface area (Å²) >= 11 is 0. The molecule has 0 saturated heterocycles. The van der Waals surface area contributed by atoms with E-state index in [2.05, 4.69) is 0 Å². The van der Waals surface area contributed by atoms with Gasteiger partial charge in [-0.1, -0.05) is 25.7 Å². The Bertz CT molecular complexity index is 466. The van der Waals surface area contributed by atoms with Gasteiger partial charge in [0.15, 0.2) is 23.3 Å². The third-order valence-corrected chi connectivity index (χ3v) is 3.89. The molecule has 2 rings (SSSR count). The van der Waals surface area contributed by atoms with Crippen molar-refractivity contribution in [2.45, 2.75) is 44.6 Å². The predicted octanol–water partition coefficient (Wildman–Crippen LogP) is 4.39. The Hall–Kier alpha value is -1.17. The Morgan fingerprint density at radius 3 is 1.55 bits per heavy atom. The Kier molecular flexibility index (Phi) is 4.62. The van der Waals surface area contributed by atoms with Crippen LogP contribution in [-0.2, 0) is 0 Å². The minimum absolute atomic E-state index is 0.481. The molecule has 0 spiro atoms. The molecule has 0 aromatic heterocycles.